The lowest BCUT2D eigenvalue weighted by Crippen LogP contribution is -2.43. The zero-order valence-corrected chi connectivity index (χ0v) is 9.97. The second kappa shape index (κ2) is 2.94. The molecule has 15 heavy (non-hydrogen) atoms. The summed E-state index contributed by atoms with van der Waals surface area (Å²) in [7, 11) is 2.31. The van der Waals surface area contributed by atoms with Crippen molar-refractivity contribution >= 4 is 20.8 Å². The Morgan fingerprint density at radius 3 is 2.47 bits per heavy atom. The Morgan fingerprint density at radius 2 is 2.07 bits per heavy atom. The number of Topliss-reactive ketones (excluding diaryl/α,β-unsaturated/α-hetero) is 2. The third kappa shape index (κ3) is 0.963. The third-order valence-corrected chi connectivity index (χ3v) is 5.10. The molecule has 2 rings (SSSR count). The van der Waals surface area contributed by atoms with Crippen LogP contribution in [0.25, 0.3) is 0 Å². The van der Waals surface area contributed by atoms with Crippen molar-refractivity contribution in [2.75, 3.05) is 0 Å². The molecule has 0 aromatic rings. The molecule has 82 valence electrons. The van der Waals surface area contributed by atoms with E-state index in [0.717, 1.165) is 0 Å². The molecule has 0 heterocycles. The van der Waals surface area contributed by atoms with Crippen molar-refractivity contribution in [3.05, 3.63) is 4.91 Å². The molecule has 0 aromatic heterocycles. The normalized spacial score (nSPS) is 39.5. The Hall–Kier alpha value is -0.630. The first-order valence-corrected chi connectivity index (χ1v) is 5.73. The van der Waals surface area contributed by atoms with Crippen LogP contribution in [0.4, 0.5) is 0 Å². The Kier molecular flexibility index (Phi) is 2.13. The number of nitroso groups, excluding NO2 is 1. The summed E-state index contributed by atoms with van der Waals surface area (Å²) in [6.07, 6.45) is 1.31. The molecular formula is C10H14NO3P. The molecule has 2 fully saturated rings. The molecule has 0 amide bonds. The van der Waals surface area contributed by atoms with Crippen molar-refractivity contribution in [3.63, 3.8) is 0 Å². The van der Waals surface area contributed by atoms with E-state index in [9.17, 15) is 14.5 Å². The van der Waals surface area contributed by atoms with Gasteiger partial charge in [0.1, 0.15) is 5.78 Å². The zero-order chi connectivity index (χ0) is 11.4. The van der Waals surface area contributed by atoms with Crippen molar-refractivity contribution < 1.29 is 9.59 Å². The van der Waals surface area contributed by atoms with E-state index in [2.05, 4.69) is 14.4 Å². The summed E-state index contributed by atoms with van der Waals surface area (Å²) in [5, 5.41) is 2.96. The fourth-order valence-corrected chi connectivity index (χ4v) is 4.11. The Morgan fingerprint density at radius 1 is 1.47 bits per heavy atom. The van der Waals surface area contributed by atoms with E-state index in [4.69, 9.17) is 0 Å². The van der Waals surface area contributed by atoms with Gasteiger partial charge in [0.15, 0.2) is 0 Å². The fraction of sp³-hybridized carbons (Fsp3) is 0.800. The van der Waals surface area contributed by atoms with Gasteiger partial charge in [0.2, 0.25) is 11.6 Å². The summed E-state index contributed by atoms with van der Waals surface area (Å²) >= 11 is 0. The van der Waals surface area contributed by atoms with Gasteiger partial charge in [-0.1, -0.05) is 19.0 Å². The number of ketones is 2. The average molecular weight is 227 g/mol. The van der Waals surface area contributed by atoms with Crippen molar-refractivity contribution in [2.45, 2.75) is 32.5 Å². The van der Waals surface area contributed by atoms with Gasteiger partial charge in [-0.2, -0.15) is 4.91 Å². The number of fused-ring (bicyclic) bond motifs is 2. The molecule has 0 N–H and O–H groups in total. The molecule has 2 bridgehead atoms. The SMILES string of the molecule is CC1(C)C2CCC1(C(P)N=O)C(=O)C2=O. The van der Waals surface area contributed by atoms with Crippen LogP contribution in [0.2, 0.25) is 0 Å². The molecule has 0 spiro atoms. The van der Waals surface area contributed by atoms with Gasteiger partial charge in [0, 0.05) is 5.92 Å². The molecule has 0 aromatic carbocycles. The lowest BCUT2D eigenvalue weighted by Gasteiger charge is -2.36. The number of hydrogen-bond donors (Lipinski definition) is 0. The molecule has 5 heteroatoms. The predicted molar refractivity (Wildman–Crippen MR) is 58.2 cm³/mol. The highest BCUT2D eigenvalue weighted by atomic mass is 31.0. The van der Waals surface area contributed by atoms with Crippen LogP contribution < -0.4 is 0 Å². The molecular weight excluding hydrogens is 213 g/mol. The number of hydrogen-bond acceptors (Lipinski definition) is 4. The van der Waals surface area contributed by atoms with Crippen molar-refractivity contribution in [1.82, 2.24) is 0 Å². The Bertz CT molecular complexity index is 366. The first-order valence-electron chi connectivity index (χ1n) is 5.06. The van der Waals surface area contributed by atoms with Gasteiger partial charge in [0.05, 0.1) is 5.41 Å². The van der Waals surface area contributed by atoms with E-state index in [1.54, 1.807) is 0 Å². The maximum atomic E-state index is 11.9. The molecule has 2 saturated carbocycles. The highest BCUT2D eigenvalue weighted by Crippen LogP contribution is 2.65. The Balaban J connectivity index is 2.58. The molecule has 4 unspecified atom stereocenters. The summed E-state index contributed by atoms with van der Waals surface area (Å²) < 4.78 is 0. The van der Waals surface area contributed by atoms with Gasteiger partial charge < -0.3 is 0 Å². The minimum Gasteiger partial charge on any atom is -0.291 e. The first kappa shape index (κ1) is 10.9. The second-order valence-corrected chi connectivity index (χ2v) is 5.66. The molecule has 2 aliphatic rings. The van der Waals surface area contributed by atoms with E-state index < -0.39 is 16.6 Å². The standard InChI is InChI=1S/C10H14NO3P/c1-9(2)5-3-4-10(9,8(15)11-14)7(13)6(5)12/h5,8H,3-4,15H2,1-2H3. The van der Waals surface area contributed by atoms with Crippen LogP contribution in [0.1, 0.15) is 26.7 Å². The van der Waals surface area contributed by atoms with Crippen LogP contribution >= 0.6 is 9.24 Å². The monoisotopic (exact) mass is 227 g/mol. The first-order chi connectivity index (χ1) is 6.89. The van der Waals surface area contributed by atoms with Gasteiger partial charge in [-0.25, -0.2) is 0 Å². The van der Waals surface area contributed by atoms with Crippen molar-refractivity contribution in [3.8, 4) is 0 Å². The van der Waals surface area contributed by atoms with E-state index in [1.807, 2.05) is 13.8 Å². The molecule has 0 aliphatic heterocycles. The minimum atomic E-state index is -0.860. The maximum Gasteiger partial charge on any atom is 0.208 e. The predicted octanol–water partition coefficient (Wildman–Crippen LogP) is 1.53. The highest BCUT2D eigenvalue weighted by molar-refractivity contribution is 7.17. The van der Waals surface area contributed by atoms with Crippen LogP contribution in [0.3, 0.4) is 0 Å². The summed E-state index contributed by atoms with van der Waals surface area (Å²) in [5.74, 6) is -1.59. The maximum absolute atomic E-state index is 11.9. The number of carbonyl (C=O) groups is 2. The van der Waals surface area contributed by atoms with Crippen molar-refractivity contribution in [2.24, 2.45) is 21.9 Å². The van der Waals surface area contributed by atoms with Crippen LogP contribution in [-0.4, -0.2) is 17.3 Å². The van der Waals surface area contributed by atoms with Gasteiger partial charge in [0.25, 0.3) is 0 Å². The number of nitrogens with zero attached hydrogens (tertiary/aromatic N) is 1. The van der Waals surface area contributed by atoms with E-state index in [0.29, 0.717) is 12.8 Å². The molecule has 0 radical (unpaired) electrons. The lowest BCUT2D eigenvalue weighted by atomic mass is 9.68. The smallest absolute Gasteiger partial charge is 0.208 e. The largest absolute Gasteiger partial charge is 0.291 e. The lowest BCUT2D eigenvalue weighted by molar-refractivity contribution is -0.141. The van der Waals surface area contributed by atoms with Crippen molar-refractivity contribution in [1.29, 1.82) is 0 Å². The highest BCUT2D eigenvalue weighted by Gasteiger charge is 2.71. The zero-order valence-electron chi connectivity index (χ0n) is 8.82. The van der Waals surface area contributed by atoms with Crippen LogP contribution in [0.5, 0.6) is 0 Å². The summed E-state index contributed by atoms with van der Waals surface area (Å²) in [6.45, 7) is 3.80. The minimum absolute atomic E-state index is 0.213. The van der Waals surface area contributed by atoms with Crippen LogP contribution in [0.15, 0.2) is 5.18 Å². The topological polar surface area (TPSA) is 63.6 Å². The van der Waals surface area contributed by atoms with Gasteiger partial charge in [-0.15, -0.1) is 9.24 Å². The van der Waals surface area contributed by atoms with Crippen LogP contribution in [-0.2, 0) is 9.59 Å². The fourth-order valence-electron chi connectivity index (χ4n) is 3.36. The summed E-state index contributed by atoms with van der Waals surface area (Å²) in [5.41, 5.74) is -1.29. The van der Waals surface area contributed by atoms with Gasteiger partial charge >= 0.3 is 0 Å². The summed E-state index contributed by atoms with van der Waals surface area (Å²) in [6, 6.07) is 0. The average Bonchev–Trinajstić information content (AvgIpc) is 2.53. The van der Waals surface area contributed by atoms with E-state index >= 15 is 0 Å². The Labute approximate surface area is 90.4 Å². The van der Waals surface area contributed by atoms with Gasteiger partial charge in [-0.05, 0) is 18.3 Å². The molecule has 2 aliphatic carbocycles. The van der Waals surface area contributed by atoms with E-state index in [-0.39, 0.29) is 17.5 Å². The number of carbonyl (C=O) groups excluding carboxylic acids is 2. The molecule has 4 nitrogen and oxygen atoms in total. The molecule has 4 atom stereocenters. The van der Waals surface area contributed by atoms with E-state index in [1.165, 1.54) is 0 Å². The van der Waals surface area contributed by atoms with Gasteiger partial charge in [-0.3, -0.25) is 9.59 Å². The molecule has 0 saturated heterocycles. The van der Waals surface area contributed by atoms with Crippen LogP contribution in [0, 0.1) is 21.7 Å². The quantitative estimate of drug-likeness (QED) is 0.408. The number of rotatable bonds is 2. The second-order valence-electron chi connectivity index (χ2n) is 5.03. The third-order valence-electron chi connectivity index (χ3n) is 4.41. The summed E-state index contributed by atoms with van der Waals surface area (Å²) in [4.78, 5) is 34.3.